The summed E-state index contributed by atoms with van der Waals surface area (Å²) >= 11 is 8.79. The van der Waals surface area contributed by atoms with Crippen molar-refractivity contribution in [3.05, 3.63) is 57.0 Å². The number of carboxylic acid groups (broad SMARTS) is 2. The minimum Gasteiger partial charge on any atom is -0.478 e. The Morgan fingerprint density at radius 1 is 1.00 bits per heavy atom. The van der Waals surface area contributed by atoms with E-state index in [2.05, 4.69) is 20.7 Å². The van der Waals surface area contributed by atoms with Crippen molar-refractivity contribution in [2.24, 2.45) is 0 Å². The largest absolute Gasteiger partial charge is 0.478 e. The molecule has 0 radical (unpaired) electrons. The van der Waals surface area contributed by atoms with Crippen LogP contribution in [0.2, 0.25) is 5.02 Å². The van der Waals surface area contributed by atoms with E-state index in [4.69, 9.17) is 21.8 Å². The van der Waals surface area contributed by atoms with Crippen LogP contribution >= 0.6 is 27.5 Å². The molecular formula is C14H9BrClNO6S. The molecule has 24 heavy (non-hydrogen) atoms. The lowest BCUT2D eigenvalue weighted by Crippen LogP contribution is -2.16. The Kier molecular flexibility index (Phi) is 5.16. The molecule has 7 nitrogen and oxygen atoms in total. The molecule has 0 amide bonds. The quantitative estimate of drug-likeness (QED) is 0.664. The molecule has 0 unspecified atom stereocenters. The molecule has 0 bridgehead atoms. The van der Waals surface area contributed by atoms with E-state index in [0.29, 0.717) is 0 Å². The molecule has 2 aromatic carbocycles. The highest BCUT2D eigenvalue weighted by Gasteiger charge is 2.21. The van der Waals surface area contributed by atoms with Gasteiger partial charge >= 0.3 is 11.9 Å². The van der Waals surface area contributed by atoms with E-state index in [9.17, 15) is 18.0 Å². The zero-order valence-corrected chi connectivity index (χ0v) is 14.8. The molecule has 0 aliphatic carbocycles. The predicted molar refractivity (Wildman–Crippen MR) is 90.3 cm³/mol. The Labute approximate surface area is 150 Å². The van der Waals surface area contributed by atoms with Gasteiger partial charge in [0.05, 0.1) is 21.7 Å². The number of nitrogens with one attached hydrogen (secondary N) is 1. The minimum atomic E-state index is -4.22. The van der Waals surface area contributed by atoms with E-state index in [1.54, 1.807) is 0 Å². The van der Waals surface area contributed by atoms with E-state index < -0.39 is 22.0 Å². The number of rotatable bonds is 5. The Hall–Kier alpha value is -2.10. The highest BCUT2D eigenvalue weighted by Crippen LogP contribution is 2.26. The van der Waals surface area contributed by atoms with Crippen molar-refractivity contribution in [2.75, 3.05) is 4.72 Å². The number of carboxylic acids is 2. The van der Waals surface area contributed by atoms with Crippen LogP contribution in [0.1, 0.15) is 20.7 Å². The Morgan fingerprint density at radius 3 is 2.21 bits per heavy atom. The van der Waals surface area contributed by atoms with Crippen LogP contribution in [0.4, 0.5) is 5.69 Å². The fraction of sp³-hybridized carbons (Fsp3) is 0. The summed E-state index contributed by atoms with van der Waals surface area (Å²) in [4.78, 5) is 22.0. The van der Waals surface area contributed by atoms with E-state index in [-0.39, 0.29) is 31.2 Å². The first kappa shape index (κ1) is 18.2. The number of aromatic carboxylic acids is 2. The summed E-state index contributed by atoms with van der Waals surface area (Å²) in [6.45, 7) is 0. The van der Waals surface area contributed by atoms with Crippen LogP contribution in [0, 0.1) is 0 Å². The average molecular weight is 435 g/mol. The lowest BCUT2D eigenvalue weighted by Gasteiger charge is -2.12. The number of benzene rings is 2. The normalized spacial score (nSPS) is 11.1. The van der Waals surface area contributed by atoms with Crippen LogP contribution in [0.3, 0.4) is 0 Å². The van der Waals surface area contributed by atoms with Crippen LogP contribution in [0.25, 0.3) is 0 Å². The number of sulfonamides is 1. The summed E-state index contributed by atoms with van der Waals surface area (Å²) in [5.74, 6) is -2.65. The van der Waals surface area contributed by atoms with Crippen LogP contribution in [0.15, 0.2) is 45.8 Å². The SMILES string of the molecule is O=C(O)c1cc(S(=O)(=O)Nc2cc(Cl)ccc2C(=O)O)ccc1Br. The summed E-state index contributed by atoms with van der Waals surface area (Å²) in [5, 5.41) is 18.3. The number of carbonyl (C=O) groups is 2. The van der Waals surface area contributed by atoms with Crippen molar-refractivity contribution < 1.29 is 28.2 Å². The second-order valence-electron chi connectivity index (χ2n) is 4.55. The van der Waals surface area contributed by atoms with E-state index in [0.717, 1.165) is 18.2 Å². The second kappa shape index (κ2) is 6.80. The van der Waals surface area contributed by atoms with Crippen molar-refractivity contribution in [1.82, 2.24) is 0 Å². The first-order valence-electron chi connectivity index (χ1n) is 6.20. The molecule has 0 fully saturated rings. The summed E-state index contributed by atoms with van der Waals surface area (Å²) < 4.78 is 27.2. The van der Waals surface area contributed by atoms with Crippen molar-refractivity contribution in [3.8, 4) is 0 Å². The monoisotopic (exact) mass is 433 g/mol. The third kappa shape index (κ3) is 3.86. The van der Waals surface area contributed by atoms with Gasteiger partial charge in [-0.2, -0.15) is 0 Å². The van der Waals surface area contributed by atoms with Crippen LogP contribution in [0.5, 0.6) is 0 Å². The van der Waals surface area contributed by atoms with Gasteiger partial charge in [-0.3, -0.25) is 4.72 Å². The zero-order valence-electron chi connectivity index (χ0n) is 11.7. The predicted octanol–water partition coefficient (Wildman–Crippen LogP) is 3.30. The van der Waals surface area contributed by atoms with Crippen LogP contribution in [-0.4, -0.2) is 30.6 Å². The topological polar surface area (TPSA) is 121 Å². The van der Waals surface area contributed by atoms with Crippen molar-refractivity contribution >= 4 is 55.2 Å². The molecule has 126 valence electrons. The zero-order chi connectivity index (χ0) is 18.1. The van der Waals surface area contributed by atoms with Gasteiger partial charge < -0.3 is 10.2 Å². The third-order valence-electron chi connectivity index (χ3n) is 2.93. The van der Waals surface area contributed by atoms with E-state index in [1.807, 2.05) is 0 Å². The molecule has 0 spiro atoms. The molecular weight excluding hydrogens is 426 g/mol. The summed E-state index contributed by atoms with van der Waals surface area (Å²) in [7, 11) is -4.22. The number of hydrogen-bond acceptors (Lipinski definition) is 4. The highest BCUT2D eigenvalue weighted by molar-refractivity contribution is 9.10. The lowest BCUT2D eigenvalue weighted by molar-refractivity contribution is 0.0686. The summed E-state index contributed by atoms with van der Waals surface area (Å²) in [6, 6.07) is 7.04. The van der Waals surface area contributed by atoms with Crippen molar-refractivity contribution in [2.45, 2.75) is 4.90 Å². The van der Waals surface area contributed by atoms with Gasteiger partial charge in [-0.05, 0) is 52.3 Å². The smallest absolute Gasteiger partial charge is 0.337 e. The Morgan fingerprint density at radius 2 is 1.62 bits per heavy atom. The molecule has 3 N–H and O–H groups in total. The molecule has 10 heteroatoms. The fourth-order valence-corrected chi connectivity index (χ4v) is 3.51. The first-order valence-corrected chi connectivity index (χ1v) is 8.86. The van der Waals surface area contributed by atoms with Gasteiger partial charge in [-0.15, -0.1) is 0 Å². The Bertz CT molecular complexity index is 944. The maximum atomic E-state index is 12.4. The average Bonchev–Trinajstić information content (AvgIpc) is 2.46. The minimum absolute atomic E-state index is 0.139. The van der Waals surface area contributed by atoms with Crippen molar-refractivity contribution in [1.29, 1.82) is 0 Å². The molecule has 0 saturated carbocycles. The molecule has 2 rings (SSSR count). The lowest BCUT2D eigenvalue weighted by atomic mass is 10.2. The van der Waals surface area contributed by atoms with Crippen molar-refractivity contribution in [3.63, 3.8) is 0 Å². The Balaban J connectivity index is 2.50. The molecule has 0 aliphatic rings. The van der Waals surface area contributed by atoms with Gasteiger partial charge in [0.1, 0.15) is 0 Å². The first-order chi connectivity index (χ1) is 11.1. The molecule has 0 atom stereocenters. The van der Waals surface area contributed by atoms with Gasteiger partial charge in [-0.1, -0.05) is 11.6 Å². The van der Waals surface area contributed by atoms with Crippen LogP contribution < -0.4 is 4.72 Å². The van der Waals surface area contributed by atoms with Crippen LogP contribution in [-0.2, 0) is 10.0 Å². The second-order valence-corrected chi connectivity index (χ2v) is 7.52. The van der Waals surface area contributed by atoms with Gasteiger partial charge in [-0.25, -0.2) is 18.0 Å². The van der Waals surface area contributed by atoms with E-state index in [1.165, 1.54) is 18.2 Å². The maximum absolute atomic E-state index is 12.4. The van der Waals surface area contributed by atoms with Gasteiger partial charge in [0.2, 0.25) is 0 Å². The van der Waals surface area contributed by atoms with Gasteiger partial charge in [0, 0.05) is 9.50 Å². The number of halogens is 2. The van der Waals surface area contributed by atoms with E-state index >= 15 is 0 Å². The number of hydrogen-bond donors (Lipinski definition) is 3. The molecule has 2 aromatic rings. The number of anilines is 1. The summed E-state index contributed by atoms with van der Waals surface area (Å²) in [6.07, 6.45) is 0. The van der Waals surface area contributed by atoms with Gasteiger partial charge in [0.25, 0.3) is 10.0 Å². The molecule has 0 aliphatic heterocycles. The standard InChI is InChI=1S/C14H9BrClNO6S/c15-11-4-2-8(6-10(11)14(20)21)24(22,23)17-12-5-7(16)1-3-9(12)13(18)19/h1-6,17H,(H,18,19)(H,20,21). The third-order valence-corrected chi connectivity index (χ3v) is 5.22. The summed E-state index contributed by atoms with van der Waals surface area (Å²) in [5.41, 5.74) is -0.768. The molecule has 0 aromatic heterocycles. The maximum Gasteiger partial charge on any atom is 0.337 e. The highest BCUT2D eigenvalue weighted by atomic mass is 79.9. The fourth-order valence-electron chi connectivity index (χ4n) is 1.83. The molecule has 0 heterocycles. The molecule has 0 saturated heterocycles. The van der Waals surface area contributed by atoms with Gasteiger partial charge in [0.15, 0.2) is 0 Å².